The summed E-state index contributed by atoms with van der Waals surface area (Å²) in [6.45, 7) is 6.03. The molecule has 126 heavy (non-hydrogen) atoms. The van der Waals surface area contributed by atoms with Gasteiger partial charge in [0.25, 0.3) is 47.3 Å². The minimum Gasteiger partial charge on any atom is -0.384 e. The van der Waals surface area contributed by atoms with E-state index >= 15 is 0 Å². The van der Waals surface area contributed by atoms with Crippen molar-refractivity contribution in [2.75, 3.05) is 123 Å². The monoisotopic (exact) mass is 1940 g/mol. The Bertz CT molecular complexity index is 5950. The molecule has 0 aliphatic carbocycles. The van der Waals surface area contributed by atoms with E-state index in [1.165, 1.54) is 0 Å². The number of piperazine rings is 1. The number of hydrogen-bond acceptors (Lipinski definition) is 18. The molecule has 0 bridgehead atoms. The third-order valence-electron chi connectivity index (χ3n) is 19.1. The molecule has 640 valence electrons. The number of benzene rings is 8. The van der Waals surface area contributed by atoms with E-state index in [2.05, 4.69) is 143 Å². The van der Waals surface area contributed by atoms with Crippen molar-refractivity contribution in [1.82, 2.24) is 39.5 Å². The maximum absolute atomic E-state index is 12.9. The number of para-hydroxylation sites is 4. The molecule has 0 spiro atoms. The number of carbonyl (C=O) groups excluding carboxylic acids is 8. The molecule has 8 amide bonds. The fraction of sp³-hybridized carbons (Fsp3) is 0.130. The molecule has 14 rings (SSSR count). The van der Waals surface area contributed by atoms with Gasteiger partial charge in [0, 0.05) is 148 Å². The number of ether oxygens (including phenoxy) is 1. The summed E-state index contributed by atoms with van der Waals surface area (Å²) in [7, 11) is 7.25. The molecule has 2 saturated heterocycles. The SMILES string of the molecule is CN(C)C(=N)c1ccc(C(=O)Nc2ccccc2C(=O)Nc2ccc(Br)cn2)cc1.CN1CCN(C(=N)c2ccc(C(=O)Nc3ccccc3C(=O)Nc3ccc(Br)cn3)cc2)CC1.CN=C(N)c1ccc(C(=O)Nc2ccccc2C(=O)Nc2ccc(Br)cn2)cc1.N=C(c1ccc(C(=O)Nc2ccccc2C(=O)Nc2ccc(Br)cn2)cc1)N1CCOCC1. The van der Waals surface area contributed by atoms with E-state index in [0.29, 0.717) is 146 Å². The molecule has 2 fully saturated rings. The number of anilines is 8. The van der Waals surface area contributed by atoms with Gasteiger partial charge in [-0.2, -0.15) is 0 Å². The van der Waals surface area contributed by atoms with E-state index in [-0.39, 0.29) is 47.3 Å². The number of aliphatic imine (C=N–C) groups is 1. The first kappa shape index (κ1) is 92.6. The van der Waals surface area contributed by atoms with Gasteiger partial charge in [0.1, 0.15) is 46.6 Å². The zero-order valence-corrected chi connectivity index (χ0v) is 74.7. The van der Waals surface area contributed by atoms with Crippen LogP contribution in [0.4, 0.5) is 46.0 Å². The van der Waals surface area contributed by atoms with Gasteiger partial charge < -0.3 is 72.6 Å². The molecule has 30 nitrogen and oxygen atoms in total. The van der Waals surface area contributed by atoms with E-state index in [9.17, 15) is 38.4 Å². The second-order valence-electron chi connectivity index (χ2n) is 28.0. The number of nitrogens with one attached hydrogen (secondary N) is 11. The first-order chi connectivity index (χ1) is 60.7. The third-order valence-corrected chi connectivity index (χ3v) is 21.0. The molecule has 2 aliphatic heterocycles. The molecular formula is C92H85Br4N21O9. The Morgan fingerprint density at radius 1 is 0.341 bits per heavy atom. The number of amidine groups is 4. The van der Waals surface area contributed by atoms with Crippen molar-refractivity contribution in [3.8, 4) is 0 Å². The number of amides is 8. The predicted octanol–water partition coefficient (Wildman–Crippen LogP) is 15.8. The van der Waals surface area contributed by atoms with Crippen LogP contribution in [0.3, 0.4) is 0 Å². The maximum atomic E-state index is 12.9. The van der Waals surface area contributed by atoms with Crippen LogP contribution < -0.4 is 48.3 Å². The fourth-order valence-electron chi connectivity index (χ4n) is 12.2. The highest BCUT2D eigenvalue weighted by atomic mass is 79.9. The van der Waals surface area contributed by atoms with E-state index in [0.717, 1.165) is 60.8 Å². The summed E-state index contributed by atoms with van der Waals surface area (Å²) in [6.07, 6.45) is 6.36. The molecule has 13 N–H and O–H groups in total. The Hall–Kier alpha value is -14.2. The lowest BCUT2D eigenvalue weighted by Gasteiger charge is -2.34. The first-order valence-electron chi connectivity index (χ1n) is 38.9. The zero-order valence-electron chi connectivity index (χ0n) is 68.3. The zero-order chi connectivity index (χ0) is 89.8. The standard InChI is InChI=1S/C25H25BrN6O2.C24H22BrN5O3.C22H20BrN5O2.C21H18BrN5O2/c1-31-12-14-32(15-13-31)23(27)17-6-8-18(9-7-17)24(33)29-21-5-3-2-4-20(21)25(34)30-22-11-10-19(26)16-28-22;25-18-9-10-21(27-15-18)29-24(32)19-3-1-2-4-20(19)28-23(31)17-7-5-16(6-8-17)22(26)30-11-13-33-14-12-30;1-28(2)20(24)14-7-9-15(10-8-14)21(29)26-18-6-4-3-5-17(18)22(30)27-19-12-11-16(23)13-25-19;1-24-19(23)13-6-8-14(9-7-13)20(28)26-17-5-3-2-4-16(17)21(29)27-18-11-10-15(22)12-25-18/h2-11,16,27H,12-15H2,1H3,(H,29,33)(H,28,30,34);1-10,15,26H,11-14H2,(H,28,31)(H,27,29,32);3-13,24H,1-2H3,(H,26,29)(H,25,27,30);2-12H,1H3,(H2,23,24)(H,26,28)(H,25,27,29). The third kappa shape index (κ3) is 26.4. The Morgan fingerprint density at radius 3 is 0.857 bits per heavy atom. The summed E-state index contributed by atoms with van der Waals surface area (Å²) in [5, 5.41) is 46.9. The van der Waals surface area contributed by atoms with Crippen LogP contribution in [-0.2, 0) is 4.74 Å². The van der Waals surface area contributed by atoms with E-state index in [1.807, 2.05) is 9.80 Å². The number of carbonyl (C=O) groups is 8. The fourth-order valence-corrected chi connectivity index (χ4v) is 13.1. The van der Waals surface area contributed by atoms with Crippen LogP contribution in [-0.4, -0.2) is 191 Å². The van der Waals surface area contributed by atoms with Crippen LogP contribution in [0.1, 0.15) is 105 Å². The Morgan fingerprint density at radius 2 is 0.595 bits per heavy atom. The molecule has 0 saturated carbocycles. The van der Waals surface area contributed by atoms with Gasteiger partial charge in [-0.1, -0.05) is 97.1 Å². The van der Waals surface area contributed by atoms with Gasteiger partial charge in [-0.15, -0.1) is 0 Å². The van der Waals surface area contributed by atoms with Gasteiger partial charge in [-0.05, 0) is 216 Å². The lowest BCUT2D eigenvalue weighted by Crippen LogP contribution is -2.47. The Balaban J connectivity index is 0.000000163. The molecule has 0 atom stereocenters. The van der Waals surface area contributed by atoms with Gasteiger partial charge in [-0.3, -0.25) is 59.6 Å². The molecule has 8 aromatic carbocycles. The number of likely N-dealkylation sites (N-methyl/N-ethyl adjacent to an activating group) is 1. The van der Waals surface area contributed by atoms with Crippen molar-refractivity contribution in [2.45, 2.75) is 0 Å². The lowest BCUT2D eigenvalue weighted by molar-refractivity contribution is 0.0680. The van der Waals surface area contributed by atoms with Crippen molar-refractivity contribution >= 4 is 180 Å². The molecule has 34 heteroatoms. The van der Waals surface area contributed by atoms with Crippen LogP contribution in [0.25, 0.3) is 0 Å². The molecule has 2 aliphatic rings. The highest BCUT2D eigenvalue weighted by Gasteiger charge is 2.24. The summed E-state index contributed by atoms with van der Waals surface area (Å²) in [5.74, 6) is 0.365. The molecular weight excluding hydrogens is 1860 g/mol. The van der Waals surface area contributed by atoms with E-state index in [4.69, 9.17) is 26.7 Å². The molecule has 0 radical (unpaired) electrons. The molecule has 12 aromatic rings. The van der Waals surface area contributed by atoms with Crippen LogP contribution >= 0.6 is 63.7 Å². The summed E-state index contributed by atoms with van der Waals surface area (Å²) in [4.78, 5) is 130. The number of rotatable bonds is 20. The second-order valence-corrected chi connectivity index (χ2v) is 31.7. The van der Waals surface area contributed by atoms with Crippen LogP contribution in [0, 0.1) is 16.2 Å². The van der Waals surface area contributed by atoms with Crippen molar-refractivity contribution < 1.29 is 43.1 Å². The van der Waals surface area contributed by atoms with Crippen LogP contribution in [0.2, 0.25) is 0 Å². The van der Waals surface area contributed by atoms with Gasteiger partial charge in [0.05, 0.1) is 58.2 Å². The van der Waals surface area contributed by atoms with E-state index in [1.54, 1.807) is 293 Å². The Labute approximate surface area is 759 Å². The number of morpholine rings is 1. The summed E-state index contributed by atoms with van der Waals surface area (Å²) < 4.78 is 8.56. The minimum atomic E-state index is -0.380. The number of nitrogens with two attached hydrogens (primary N) is 1. The summed E-state index contributed by atoms with van der Waals surface area (Å²) in [5.41, 5.74) is 13.3. The van der Waals surface area contributed by atoms with Crippen molar-refractivity contribution in [3.63, 3.8) is 0 Å². The van der Waals surface area contributed by atoms with Gasteiger partial charge in [0.15, 0.2) is 0 Å². The molecule has 6 heterocycles. The lowest BCUT2D eigenvalue weighted by atomic mass is 10.1. The van der Waals surface area contributed by atoms with Gasteiger partial charge in [-0.25, -0.2) is 19.9 Å². The predicted molar refractivity (Wildman–Crippen MR) is 505 cm³/mol. The van der Waals surface area contributed by atoms with Crippen molar-refractivity contribution in [3.05, 3.63) is 352 Å². The maximum Gasteiger partial charge on any atom is 0.258 e. The number of pyridine rings is 4. The highest BCUT2D eigenvalue weighted by molar-refractivity contribution is 9.11. The molecule has 0 unspecified atom stereocenters. The van der Waals surface area contributed by atoms with Crippen LogP contribution in [0.15, 0.2) is 290 Å². The second kappa shape index (κ2) is 45.3. The number of hydrogen-bond donors (Lipinski definition) is 12. The average Bonchev–Trinajstić information content (AvgIpc) is 0.833. The minimum absolute atomic E-state index is 0.321. The van der Waals surface area contributed by atoms with E-state index < -0.39 is 0 Å². The number of aromatic nitrogens is 4. The highest BCUT2D eigenvalue weighted by Crippen LogP contribution is 2.26. The number of halogens is 4. The normalized spacial score (nSPS) is 12.2. The van der Waals surface area contributed by atoms with Gasteiger partial charge >= 0.3 is 0 Å². The topological polar surface area (TPSA) is 416 Å². The average molecular weight is 1950 g/mol. The Kier molecular flexibility index (Phi) is 33.3. The smallest absolute Gasteiger partial charge is 0.258 e. The van der Waals surface area contributed by atoms with Crippen molar-refractivity contribution in [1.29, 1.82) is 16.2 Å². The van der Waals surface area contributed by atoms with Crippen LogP contribution in [0.5, 0.6) is 0 Å². The summed E-state index contributed by atoms with van der Waals surface area (Å²) in [6, 6.07) is 68.2. The quantitative estimate of drug-likeness (QED) is 0.0249. The largest absolute Gasteiger partial charge is 0.384 e. The molecule has 4 aromatic heterocycles. The summed E-state index contributed by atoms with van der Waals surface area (Å²) >= 11 is 13.2. The van der Waals surface area contributed by atoms with Gasteiger partial charge in [0.2, 0.25) is 0 Å². The first-order valence-corrected chi connectivity index (χ1v) is 42.1. The number of nitrogens with zero attached hydrogens (tertiary/aromatic N) is 9. The van der Waals surface area contributed by atoms with Crippen molar-refractivity contribution in [2.24, 2.45) is 10.7 Å².